The van der Waals surface area contributed by atoms with Gasteiger partial charge in [0, 0.05) is 11.8 Å². The van der Waals surface area contributed by atoms with Gasteiger partial charge in [0.2, 0.25) is 0 Å². The zero-order chi connectivity index (χ0) is 12.0. The van der Waals surface area contributed by atoms with Crippen molar-refractivity contribution >= 4 is 27.7 Å². The number of hydrogen-bond acceptors (Lipinski definition) is 3. The molecule has 0 heterocycles. The summed E-state index contributed by atoms with van der Waals surface area (Å²) >= 11 is 3.27. The van der Waals surface area contributed by atoms with Crippen LogP contribution in [-0.4, -0.2) is 23.7 Å². The van der Waals surface area contributed by atoms with E-state index in [9.17, 15) is 9.59 Å². The fraction of sp³-hybridized carbons (Fsp3) is 0.667. The summed E-state index contributed by atoms with van der Waals surface area (Å²) in [7, 11) is 0. The summed E-state index contributed by atoms with van der Waals surface area (Å²) in [6.45, 7) is 2.09. The average Bonchev–Trinajstić information content (AvgIpc) is 2.62. The maximum absolute atomic E-state index is 11.9. The van der Waals surface area contributed by atoms with Gasteiger partial charge in [-0.1, -0.05) is 28.1 Å². The second-order valence-electron chi connectivity index (χ2n) is 3.91. The summed E-state index contributed by atoms with van der Waals surface area (Å²) in [5, 5.41) is 0.736. The third kappa shape index (κ3) is 2.73. The maximum atomic E-state index is 11.9. The van der Waals surface area contributed by atoms with Gasteiger partial charge in [-0.15, -0.1) is 0 Å². The molecule has 1 rings (SSSR count). The monoisotopic (exact) mass is 288 g/mol. The van der Waals surface area contributed by atoms with E-state index in [2.05, 4.69) is 15.9 Å². The second-order valence-corrected chi connectivity index (χ2v) is 4.56. The van der Waals surface area contributed by atoms with Crippen molar-refractivity contribution in [1.82, 2.24) is 0 Å². The zero-order valence-electron chi connectivity index (χ0n) is 9.50. The minimum Gasteiger partial charge on any atom is -0.465 e. The Morgan fingerprint density at radius 1 is 1.56 bits per heavy atom. The van der Waals surface area contributed by atoms with E-state index in [1.165, 1.54) is 0 Å². The summed E-state index contributed by atoms with van der Waals surface area (Å²) in [4.78, 5) is 23.7. The van der Waals surface area contributed by atoms with Crippen LogP contribution in [0.15, 0.2) is 12.2 Å². The Balaban J connectivity index is 2.80. The van der Waals surface area contributed by atoms with E-state index in [0.29, 0.717) is 25.9 Å². The van der Waals surface area contributed by atoms with Gasteiger partial charge in [0.15, 0.2) is 5.78 Å². The first-order valence-electron chi connectivity index (χ1n) is 5.59. The molecule has 1 atom stereocenters. The van der Waals surface area contributed by atoms with Crippen molar-refractivity contribution in [3.05, 3.63) is 12.2 Å². The van der Waals surface area contributed by atoms with Crippen molar-refractivity contribution in [2.45, 2.75) is 32.6 Å². The number of ketones is 1. The number of hydrogen-bond donors (Lipinski definition) is 0. The normalized spacial score (nSPS) is 25.2. The SMILES string of the molecule is CCOC(=O)C1(CC=CCBr)CCCC1=O. The number of alkyl halides is 1. The van der Waals surface area contributed by atoms with Crippen LogP contribution in [0.4, 0.5) is 0 Å². The largest absolute Gasteiger partial charge is 0.465 e. The molecule has 0 saturated heterocycles. The third-order valence-corrected chi connectivity index (χ3v) is 3.30. The molecule has 0 aromatic rings. The highest BCUT2D eigenvalue weighted by molar-refractivity contribution is 9.09. The lowest BCUT2D eigenvalue weighted by Gasteiger charge is -2.23. The van der Waals surface area contributed by atoms with Crippen molar-refractivity contribution in [3.8, 4) is 0 Å². The lowest BCUT2D eigenvalue weighted by molar-refractivity contribution is -0.158. The lowest BCUT2D eigenvalue weighted by Crippen LogP contribution is -2.36. The van der Waals surface area contributed by atoms with Gasteiger partial charge in [-0.2, -0.15) is 0 Å². The highest BCUT2D eigenvalue weighted by Gasteiger charge is 2.48. The number of ether oxygens (including phenoxy) is 1. The van der Waals surface area contributed by atoms with Crippen molar-refractivity contribution in [3.63, 3.8) is 0 Å². The maximum Gasteiger partial charge on any atom is 0.319 e. The number of allylic oxidation sites excluding steroid dienone is 2. The summed E-state index contributed by atoms with van der Waals surface area (Å²) in [5.41, 5.74) is -0.894. The van der Waals surface area contributed by atoms with Crippen LogP contribution in [0.25, 0.3) is 0 Å². The van der Waals surface area contributed by atoms with Gasteiger partial charge in [-0.3, -0.25) is 9.59 Å². The van der Waals surface area contributed by atoms with Crippen molar-refractivity contribution in [2.24, 2.45) is 5.41 Å². The number of carbonyl (C=O) groups is 2. The van der Waals surface area contributed by atoms with Gasteiger partial charge < -0.3 is 4.74 Å². The van der Waals surface area contributed by atoms with Crippen LogP contribution in [0.3, 0.4) is 0 Å². The van der Waals surface area contributed by atoms with Gasteiger partial charge >= 0.3 is 5.97 Å². The topological polar surface area (TPSA) is 43.4 Å². The summed E-state index contributed by atoms with van der Waals surface area (Å²) < 4.78 is 5.02. The number of esters is 1. The molecular weight excluding hydrogens is 272 g/mol. The standard InChI is InChI=1S/C12H17BrO3/c1-2-16-11(15)12(7-3-4-9-13)8-5-6-10(12)14/h3-4H,2,5-9H2,1H3. The van der Waals surface area contributed by atoms with Gasteiger partial charge in [-0.25, -0.2) is 0 Å². The molecule has 0 aliphatic heterocycles. The van der Waals surface area contributed by atoms with E-state index in [1.54, 1.807) is 6.92 Å². The quantitative estimate of drug-likeness (QED) is 0.338. The van der Waals surface area contributed by atoms with Crippen LogP contribution >= 0.6 is 15.9 Å². The molecule has 16 heavy (non-hydrogen) atoms. The highest BCUT2D eigenvalue weighted by Crippen LogP contribution is 2.39. The van der Waals surface area contributed by atoms with Crippen LogP contribution in [-0.2, 0) is 14.3 Å². The van der Waals surface area contributed by atoms with Crippen LogP contribution in [0.2, 0.25) is 0 Å². The molecule has 4 heteroatoms. The first-order valence-corrected chi connectivity index (χ1v) is 6.71. The van der Waals surface area contributed by atoms with Gasteiger partial charge in [0.1, 0.15) is 5.41 Å². The minimum absolute atomic E-state index is 0.0326. The van der Waals surface area contributed by atoms with Crippen LogP contribution in [0.1, 0.15) is 32.6 Å². The summed E-state index contributed by atoms with van der Waals surface area (Å²) in [6.07, 6.45) is 6.18. The van der Waals surface area contributed by atoms with E-state index < -0.39 is 5.41 Å². The molecule has 3 nitrogen and oxygen atoms in total. The lowest BCUT2D eigenvalue weighted by atomic mass is 9.81. The van der Waals surface area contributed by atoms with E-state index in [4.69, 9.17) is 4.74 Å². The van der Waals surface area contributed by atoms with Gasteiger partial charge in [0.25, 0.3) is 0 Å². The summed E-state index contributed by atoms with van der Waals surface area (Å²) in [5.74, 6) is -0.318. The Morgan fingerprint density at radius 3 is 2.81 bits per heavy atom. The van der Waals surface area contributed by atoms with E-state index in [1.807, 2.05) is 12.2 Å². The smallest absolute Gasteiger partial charge is 0.319 e. The Labute approximate surface area is 104 Å². The first-order chi connectivity index (χ1) is 7.67. The average molecular weight is 289 g/mol. The number of carbonyl (C=O) groups excluding carboxylic acids is 2. The molecule has 1 fully saturated rings. The van der Waals surface area contributed by atoms with E-state index >= 15 is 0 Å². The number of halogens is 1. The van der Waals surface area contributed by atoms with Crippen molar-refractivity contribution < 1.29 is 14.3 Å². The molecule has 0 aromatic heterocycles. The predicted molar refractivity (Wildman–Crippen MR) is 65.5 cm³/mol. The molecule has 0 bridgehead atoms. The molecule has 0 spiro atoms. The van der Waals surface area contributed by atoms with Crippen LogP contribution in [0, 0.1) is 5.41 Å². The molecule has 1 unspecified atom stereocenters. The Kier molecular flexibility index (Phi) is 5.19. The zero-order valence-corrected chi connectivity index (χ0v) is 11.1. The molecule has 1 saturated carbocycles. The van der Waals surface area contributed by atoms with Crippen LogP contribution < -0.4 is 0 Å². The highest BCUT2D eigenvalue weighted by atomic mass is 79.9. The third-order valence-electron chi connectivity index (χ3n) is 2.93. The van der Waals surface area contributed by atoms with Gasteiger partial charge in [-0.05, 0) is 26.2 Å². The Morgan fingerprint density at radius 2 is 2.31 bits per heavy atom. The van der Waals surface area contributed by atoms with E-state index in [-0.39, 0.29) is 11.8 Å². The van der Waals surface area contributed by atoms with Crippen LogP contribution in [0.5, 0.6) is 0 Å². The van der Waals surface area contributed by atoms with Crippen molar-refractivity contribution in [1.29, 1.82) is 0 Å². The predicted octanol–water partition coefficient (Wildman–Crippen LogP) is 2.63. The Bertz CT molecular complexity index is 299. The summed E-state index contributed by atoms with van der Waals surface area (Å²) in [6, 6.07) is 0. The minimum atomic E-state index is -0.894. The molecule has 1 aliphatic rings. The number of Topliss-reactive ketones (excluding diaryl/α,β-unsaturated/α-hetero) is 1. The van der Waals surface area contributed by atoms with Gasteiger partial charge in [0.05, 0.1) is 6.61 Å². The van der Waals surface area contributed by atoms with Crippen molar-refractivity contribution in [2.75, 3.05) is 11.9 Å². The molecule has 0 aromatic carbocycles. The Hall–Kier alpha value is -0.640. The fourth-order valence-electron chi connectivity index (χ4n) is 2.06. The molecule has 0 amide bonds. The fourth-order valence-corrected chi connectivity index (χ4v) is 2.33. The molecule has 1 aliphatic carbocycles. The molecule has 90 valence electrons. The molecule has 0 radical (unpaired) electrons. The van der Waals surface area contributed by atoms with E-state index in [0.717, 1.165) is 11.8 Å². The molecule has 0 N–H and O–H groups in total. The molecular formula is C12H17BrO3. The first kappa shape index (κ1) is 13.4. The number of rotatable bonds is 5. The second kappa shape index (κ2) is 6.18.